The van der Waals surface area contributed by atoms with E-state index in [0.717, 1.165) is 18.1 Å². The van der Waals surface area contributed by atoms with Crippen LogP contribution in [0.15, 0.2) is 41.3 Å². The molecule has 0 saturated carbocycles. The Morgan fingerprint density at radius 1 is 1.08 bits per heavy atom. The van der Waals surface area contributed by atoms with E-state index in [-0.39, 0.29) is 34.3 Å². The van der Waals surface area contributed by atoms with Crippen LogP contribution in [0.4, 0.5) is 10.5 Å². The molecule has 0 unspecified atom stereocenters. The second-order valence-corrected chi connectivity index (χ2v) is 8.01. The molecule has 36 heavy (non-hydrogen) atoms. The molecule has 0 atom stereocenters. The molecule has 0 bridgehead atoms. The maximum atomic E-state index is 12.6. The largest absolute Gasteiger partial charge is 0.493 e. The number of nitro groups is 1. The lowest BCUT2D eigenvalue weighted by atomic mass is 10.1. The molecule has 0 aliphatic carbocycles. The summed E-state index contributed by atoms with van der Waals surface area (Å²) in [4.78, 5) is 59.8. The van der Waals surface area contributed by atoms with Gasteiger partial charge >= 0.3 is 17.6 Å². The third-order valence-electron chi connectivity index (χ3n) is 4.75. The number of thioether (sulfide) groups is 1. The van der Waals surface area contributed by atoms with Gasteiger partial charge in [0.25, 0.3) is 11.1 Å². The number of esters is 2. The van der Waals surface area contributed by atoms with Gasteiger partial charge in [0.2, 0.25) is 5.75 Å². The summed E-state index contributed by atoms with van der Waals surface area (Å²) in [6.45, 7) is 1.25. The molecule has 1 aliphatic rings. The maximum Gasteiger partial charge on any atom is 0.338 e. The zero-order chi connectivity index (χ0) is 26.4. The normalized spacial score (nSPS) is 14.1. The van der Waals surface area contributed by atoms with E-state index in [9.17, 15) is 29.3 Å². The summed E-state index contributed by atoms with van der Waals surface area (Å²) in [6.07, 6.45) is 1.44. The van der Waals surface area contributed by atoms with Crippen LogP contribution in [0.3, 0.4) is 0 Å². The fraction of sp³-hybridized carbons (Fsp3) is 0.217. The molecule has 0 N–H and O–H groups in total. The van der Waals surface area contributed by atoms with Crippen molar-refractivity contribution in [2.45, 2.75) is 6.92 Å². The van der Waals surface area contributed by atoms with E-state index < -0.39 is 40.2 Å². The zero-order valence-corrected chi connectivity index (χ0v) is 20.2. The standard InChI is InChI=1S/C23H20N2O10S/c1-4-34-20(26)12-24-21(27)19(36-23(24)29)10-13-5-7-17(18(9-13)32-2)35-16-8-6-14(22(28)33-3)11-15(16)25(30)31/h5-11H,4,12H2,1-3H3/b19-10-. The first-order chi connectivity index (χ1) is 17.2. The highest BCUT2D eigenvalue weighted by Gasteiger charge is 2.36. The SMILES string of the molecule is CCOC(=O)CN1C(=O)S/C(=C\c2ccc(Oc3ccc(C(=O)OC)cc3[N+](=O)[O-])c(OC)c2)C1=O. The van der Waals surface area contributed by atoms with Crippen LogP contribution in [0.5, 0.6) is 17.2 Å². The summed E-state index contributed by atoms with van der Waals surface area (Å²) in [5.74, 6) is -1.91. The second-order valence-electron chi connectivity index (χ2n) is 7.02. The topological polar surface area (TPSA) is 152 Å². The molecule has 12 nitrogen and oxygen atoms in total. The Balaban J connectivity index is 1.86. The van der Waals surface area contributed by atoms with Gasteiger partial charge in [-0.1, -0.05) is 6.07 Å². The van der Waals surface area contributed by atoms with Crippen LogP contribution in [-0.4, -0.2) is 60.3 Å². The molecule has 1 aliphatic heterocycles. The quantitative estimate of drug-likeness (QED) is 0.207. The molecule has 2 aromatic rings. The lowest BCUT2D eigenvalue weighted by Gasteiger charge is -2.12. The third-order valence-corrected chi connectivity index (χ3v) is 5.66. The number of ether oxygens (including phenoxy) is 4. The number of nitro benzene ring substituents is 1. The van der Waals surface area contributed by atoms with Crippen molar-refractivity contribution >= 4 is 46.6 Å². The van der Waals surface area contributed by atoms with Crippen molar-refractivity contribution in [3.63, 3.8) is 0 Å². The van der Waals surface area contributed by atoms with Gasteiger partial charge in [-0.2, -0.15) is 0 Å². The predicted molar refractivity (Wildman–Crippen MR) is 127 cm³/mol. The first-order valence-electron chi connectivity index (χ1n) is 10.3. The highest BCUT2D eigenvalue weighted by molar-refractivity contribution is 8.18. The van der Waals surface area contributed by atoms with E-state index in [1.54, 1.807) is 13.0 Å². The fourth-order valence-electron chi connectivity index (χ4n) is 3.09. The molecule has 1 fully saturated rings. The summed E-state index contributed by atoms with van der Waals surface area (Å²) in [5.41, 5.74) is -0.00792. The molecule has 2 aromatic carbocycles. The summed E-state index contributed by atoms with van der Waals surface area (Å²) >= 11 is 0.674. The maximum absolute atomic E-state index is 12.6. The van der Waals surface area contributed by atoms with E-state index in [1.807, 2.05) is 0 Å². The van der Waals surface area contributed by atoms with Crippen molar-refractivity contribution in [2.24, 2.45) is 0 Å². The number of benzene rings is 2. The van der Waals surface area contributed by atoms with Crippen LogP contribution in [0.2, 0.25) is 0 Å². The van der Waals surface area contributed by atoms with Crippen molar-refractivity contribution in [2.75, 3.05) is 27.4 Å². The lowest BCUT2D eigenvalue weighted by Crippen LogP contribution is -2.34. The first kappa shape index (κ1) is 26.2. The number of rotatable bonds is 9. The Kier molecular flexibility index (Phi) is 8.27. The molecule has 2 amide bonds. The summed E-state index contributed by atoms with van der Waals surface area (Å²) < 4.78 is 20.4. The van der Waals surface area contributed by atoms with Crippen molar-refractivity contribution < 1.29 is 43.0 Å². The average molecular weight is 516 g/mol. The van der Waals surface area contributed by atoms with Crippen LogP contribution in [-0.2, 0) is 19.1 Å². The lowest BCUT2D eigenvalue weighted by molar-refractivity contribution is -0.385. The van der Waals surface area contributed by atoms with Gasteiger partial charge in [-0.15, -0.1) is 0 Å². The molecule has 188 valence electrons. The van der Waals surface area contributed by atoms with Crippen LogP contribution in [0.1, 0.15) is 22.8 Å². The van der Waals surface area contributed by atoms with Crippen LogP contribution in [0, 0.1) is 10.1 Å². The van der Waals surface area contributed by atoms with E-state index in [0.29, 0.717) is 17.3 Å². The summed E-state index contributed by atoms with van der Waals surface area (Å²) in [5, 5.41) is 10.9. The number of amides is 2. The van der Waals surface area contributed by atoms with E-state index in [4.69, 9.17) is 14.2 Å². The number of carbonyl (C=O) groups excluding carboxylic acids is 4. The minimum absolute atomic E-state index is 0.0178. The Hall–Kier alpha value is -4.39. The summed E-state index contributed by atoms with van der Waals surface area (Å²) in [6, 6.07) is 8.13. The summed E-state index contributed by atoms with van der Waals surface area (Å²) in [7, 11) is 2.51. The Labute approximate surface area is 208 Å². The van der Waals surface area contributed by atoms with Crippen molar-refractivity contribution in [3.8, 4) is 17.2 Å². The van der Waals surface area contributed by atoms with Crippen LogP contribution < -0.4 is 9.47 Å². The van der Waals surface area contributed by atoms with Gasteiger partial charge in [0.1, 0.15) is 6.54 Å². The predicted octanol–water partition coefficient (Wildman–Crippen LogP) is 3.78. The van der Waals surface area contributed by atoms with E-state index >= 15 is 0 Å². The molecule has 0 aromatic heterocycles. The van der Waals surface area contributed by atoms with Gasteiger partial charge in [-0.25, -0.2) is 4.79 Å². The minimum Gasteiger partial charge on any atom is -0.493 e. The minimum atomic E-state index is -0.738. The highest BCUT2D eigenvalue weighted by atomic mass is 32.2. The molecule has 1 heterocycles. The number of methoxy groups -OCH3 is 2. The number of imide groups is 1. The van der Waals surface area contributed by atoms with E-state index in [1.165, 1.54) is 37.5 Å². The fourth-order valence-corrected chi connectivity index (χ4v) is 3.93. The molecule has 0 radical (unpaired) electrons. The number of carbonyl (C=O) groups is 4. The molecule has 3 rings (SSSR count). The van der Waals surface area contributed by atoms with Crippen molar-refractivity contribution in [1.29, 1.82) is 0 Å². The monoisotopic (exact) mass is 516 g/mol. The van der Waals surface area contributed by atoms with Gasteiger partial charge in [-0.3, -0.25) is 29.4 Å². The van der Waals surface area contributed by atoms with Crippen LogP contribution in [0.25, 0.3) is 6.08 Å². The third kappa shape index (κ3) is 5.81. The Morgan fingerprint density at radius 3 is 2.44 bits per heavy atom. The van der Waals surface area contributed by atoms with Crippen molar-refractivity contribution in [3.05, 3.63) is 62.5 Å². The van der Waals surface area contributed by atoms with E-state index in [2.05, 4.69) is 4.74 Å². The van der Waals surface area contributed by atoms with Gasteiger partial charge < -0.3 is 18.9 Å². The van der Waals surface area contributed by atoms with Gasteiger partial charge in [0, 0.05) is 6.07 Å². The Bertz CT molecular complexity index is 1270. The number of nitrogens with zero attached hydrogens (tertiary/aromatic N) is 2. The van der Waals surface area contributed by atoms with Gasteiger partial charge in [-0.05, 0) is 54.6 Å². The Morgan fingerprint density at radius 2 is 1.81 bits per heavy atom. The number of hydrogen-bond acceptors (Lipinski definition) is 11. The first-order valence-corrected chi connectivity index (χ1v) is 11.1. The molecular weight excluding hydrogens is 496 g/mol. The molecular formula is C23H20N2O10S. The van der Waals surface area contributed by atoms with Crippen molar-refractivity contribution in [1.82, 2.24) is 4.90 Å². The molecule has 1 saturated heterocycles. The number of hydrogen-bond donors (Lipinski definition) is 0. The molecule has 0 spiro atoms. The highest BCUT2D eigenvalue weighted by Crippen LogP contribution is 2.38. The average Bonchev–Trinajstić information content (AvgIpc) is 3.11. The smallest absolute Gasteiger partial charge is 0.338 e. The van der Waals surface area contributed by atoms with Crippen LogP contribution >= 0.6 is 11.8 Å². The van der Waals surface area contributed by atoms with Gasteiger partial charge in [0.05, 0.1) is 36.2 Å². The molecule has 13 heteroatoms. The zero-order valence-electron chi connectivity index (χ0n) is 19.3. The van der Waals surface area contributed by atoms with Gasteiger partial charge in [0.15, 0.2) is 11.5 Å². The second kappa shape index (κ2) is 11.4.